The van der Waals surface area contributed by atoms with E-state index < -0.39 is 0 Å². The van der Waals surface area contributed by atoms with Crippen molar-refractivity contribution >= 4 is 11.6 Å². The lowest BCUT2D eigenvalue weighted by molar-refractivity contribution is 0.208. The van der Waals surface area contributed by atoms with Crippen LogP contribution in [0, 0.1) is 0 Å². The smallest absolute Gasteiger partial charge is 0.195 e. The Balaban J connectivity index is 2.06. The molecule has 1 aromatic carbocycles. The van der Waals surface area contributed by atoms with Crippen molar-refractivity contribution in [1.82, 2.24) is 5.32 Å². The number of rotatable bonds is 5. The molecule has 2 rings (SSSR count). The van der Waals surface area contributed by atoms with Gasteiger partial charge in [-0.1, -0.05) is 0 Å². The molecule has 0 fully saturated rings. The van der Waals surface area contributed by atoms with Crippen molar-refractivity contribution in [2.24, 2.45) is 4.99 Å². The molecule has 0 amide bonds. The largest absolute Gasteiger partial charge is 0.490 e. The van der Waals surface area contributed by atoms with Crippen molar-refractivity contribution in [2.45, 2.75) is 13.3 Å². The van der Waals surface area contributed by atoms with Crippen LogP contribution in [0.4, 0.5) is 5.69 Å². The lowest BCUT2D eigenvalue weighted by Gasteiger charge is -2.13. The maximum atomic E-state index is 5.68. The molecule has 116 valence electrons. The van der Waals surface area contributed by atoms with Gasteiger partial charge in [0.15, 0.2) is 17.5 Å². The summed E-state index contributed by atoms with van der Waals surface area (Å²) in [5.41, 5.74) is 0.913. The average Bonchev–Trinajstić information content (AvgIpc) is 2.72. The van der Waals surface area contributed by atoms with Gasteiger partial charge in [-0.2, -0.15) is 0 Å². The summed E-state index contributed by atoms with van der Waals surface area (Å²) in [5, 5.41) is 6.45. The fraction of sp³-hybridized carbons (Fsp3) is 0.533. The summed E-state index contributed by atoms with van der Waals surface area (Å²) >= 11 is 0. The Morgan fingerprint density at radius 1 is 1.29 bits per heavy atom. The Bertz CT molecular complexity index is 477. The van der Waals surface area contributed by atoms with E-state index in [0.717, 1.165) is 36.1 Å². The zero-order chi connectivity index (χ0) is 14.9. The van der Waals surface area contributed by atoms with E-state index in [2.05, 4.69) is 15.6 Å². The second-order valence-corrected chi connectivity index (χ2v) is 4.59. The first-order valence-corrected chi connectivity index (χ1v) is 7.27. The van der Waals surface area contributed by atoms with Gasteiger partial charge in [0.2, 0.25) is 0 Å². The van der Waals surface area contributed by atoms with Crippen molar-refractivity contribution in [3.63, 3.8) is 0 Å². The molecule has 1 heterocycles. The van der Waals surface area contributed by atoms with E-state index in [0.29, 0.717) is 26.4 Å². The summed E-state index contributed by atoms with van der Waals surface area (Å²) in [4.78, 5) is 4.43. The zero-order valence-electron chi connectivity index (χ0n) is 12.6. The number of methoxy groups -OCH3 is 1. The predicted octanol–water partition coefficient (Wildman–Crippen LogP) is 1.87. The van der Waals surface area contributed by atoms with Gasteiger partial charge in [0.25, 0.3) is 0 Å². The molecule has 0 radical (unpaired) electrons. The van der Waals surface area contributed by atoms with E-state index in [1.165, 1.54) is 0 Å². The van der Waals surface area contributed by atoms with Gasteiger partial charge in [-0.3, -0.25) is 4.99 Å². The van der Waals surface area contributed by atoms with Crippen LogP contribution >= 0.6 is 0 Å². The first-order valence-electron chi connectivity index (χ1n) is 7.27. The SMILES string of the molecule is CCNC(=NCCOC)Nc1ccc2c(c1)OCCCO2. The molecule has 0 atom stereocenters. The van der Waals surface area contributed by atoms with Gasteiger partial charge in [0, 0.05) is 31.8 Å². The Hall–Kier alpha value is -1.95. The molecule has 0 aromatic heterocycles. The summed E-state index contributed by atoms with van der Waals surface area (Å²) < 4.78 is 16.3. The third-order valence-corrected chi connectivity index (χ3v) is 2.92. The molecule has 0 saturated heterocycles. The normalized spacial score (nSPS) is 14.5. The predicted molar refractivity (Wildman–Crippen MR) is 83.5 cm³/mol. The fourth-order valence-electron chi connectivity index (χ4n) is 1.93. The number of nitrogens with one attached hydrogen (secondary N) is 2. The molecule has 1 aliphatic rings. The molecular weight excluding hydrogens is 270 g/mol. The monoisotopic (exact) mass is 293 g/mol. The number of nitrogens with zero attached hydrogens (tertiary/aromatic N) is 1. The highest BCUT2D eigenvalue weighted by atomic mass is 16.5. The van der Waals surface area contributed by atoms with E-state index in [9.17, 15) is 0 Å². The Labute approximate surface area is 125 Å². The van der Waals surface area contributed by atoms with Gasteiger partial charge in [0.1, 0.15) is 0 Å². The molecule has 0 spiro atoms. The van der Waals surface area contributed by atoms with Gasteiger partial charge in [-0.05, 0) is 19.1 Å². The van der Waals surface area contributed by atoms with E-state index in [-0.39, 0.29) is 0 Å². The molecule has 6 heteroatoms. The van der Waals surface area contributed by atoms with Gasteiger partial charge >= 0.3 is 0 Å². The van der Waals surface area contributed by atoms with Gasteiger partial charge in [0.05, 0.1) is 26.4 Å². The molecular formula is C15H23N3O3. The average molecular weight is 293 g/mol. The molecule has 0 aliphatic carbocycles. The maximum absolute atomic E-state index is 5.68. The Morgan fingerprint density at radius 2 is 2.10 bits per heavy atom. The van der Waals surface area contributed by atoms with Crippen LogP contribution in [0.1, 0.15) is 13.3 Å². The summed E-state index contributed by atoms with van der Waals surface area (Å²) in [5.74, 6) is 2.29. The van der Waals surface area contributed by atoms with Crippen molar-refractivity contribution in [1.29, 1.82) is 0 Å². The number of benzene rings is 1. The number of ether oxygens (including phenoxy) is 3. The molecule has 21 heavy (non-hydrogen) atoms. The molecule has 0 saturated carbocycles. The molecule has 1 aliphatic heterocycles. The number of guanidine groups is 1. The maximum Gasteiger partial charge on any atom is 0.195 e. The summed E-state index contributed by atoms with van der Waals surface area (Å²) in [6, 6.07) is 5.81. The standard InChI is InChI=1S/C15H23N3O3/c1-3-16-15(17-7-10-19-2)18-12-5-6-13-14(11-12)21-9-4-8-20-13/h5-6,11H,3-4,7-10H2,1-2H3,(H2,16,17,18). The van der Waals surface area contributed by atoms with Crippen LogP contribution in [0.3, 0.4) is 0 Å². The number of fused-ring (bicyclic) bond motifs is 1. The lowest BCUT2D eigenvalue weighted by atomic mass is 10.3. The Morgan fingerprint density at radius 3 is 2.86 bits per heavy atom. The van der Waals surface area contributed by atoms with Gasteiger partial charge < -0.3 is 24.8 Å². The minimum absolute atomic E-state index is 0.595. The number of hydrogen-bond donors (Lipinski definition) is 2. The minimum atomic E-state index is 0.595. The quantitative estimate of drug-likeness (QED) is 0.493. The molecule has 2 N–H and O–H groups in total. The summed E-state index contributed by atoms with van der Waals surface area (Å²) in [6.45, 7) is 5.40. The van der Waals surface area contributed by atoms with Crippen LogP contribution in [0.15, 0.2) is 23.2 Å². The summed E-state index contributed by atoms with van der Waals surface area (Å²) in [6.07, 6.45) is 0.901. The van der Waals surface area contributed by atoms with E-state index in [4.69, 9.17) is 14.2 Å². The Kier molecular flexibility index (Phi) is 6.15. The van der Waals surface area contributed by atoms with Crippen LogP contribution in [-0.4, -0.2) is 46.0 Å². The van der Waals surface area contributed by atoms with Crippen LogP contribution in [0.5, 0.6) is 11.5 Å². The molecule has 1 aromatic rings. The zero-order valence-corrected chi connectivity index (χ0v) is 12.6. The highest BCUT2D eigenvalue weighted by Gasteiger charge is 2.11. The van der Waals surface area contributed by atoms with E-state index >= 15 is 0 Å². The van der Waals surface area contributed by atoms with Crippen molar-refractivity contribution in [3.05, 3.63) is 18.2 Å². The van der Waals surface area contributed by atoms with Gasteiger partial charge in [-0.15, -0.1) is 0 Å². The van der Waals surface area contributed by atoms with E-state index in [1.807, 2.05) is 25.1 Å². The van der Waals surface area contributed by atoms with Crippen LogP contribution in [0.25, 0.3) is 0 Å². The minimum Gasteiger partial charge on any atom is -0.490 e. The molecule has 0 unspecified atom stereocenters. The highest BCUT2D eigenvalue weighted by molar-refractivity contribution is 5.93. The van der Waals surface area contributed by atoms with Crippen molar-refractivity contribution in [3.8, 4) is 11.5 Å². The fourth-order valence-corrected chi connectivity index (χ4v) is 1.93. The third kappa shape index (κ3) is 4.82. The van der Waals surface area contributed by atoms with Gasteiger partial charge in [-0.25, -0.2) is 0 Å². The molecule has 0 bridgehead atoms. The topological polar surface area (TPSA) is 64.1 Å². The highest BCUT2D eigenvalue weighted by Crippen LogP contribution is 2.32. The van der Waals surface area contributed by atoms with Crippen LogP contribution in [-0.2, 0) is 4.74 Å². The molecule has 6 nitrogen and oxygen atoms in total. The van der Waals surface area contributed by atoms with Crippen LogP contribution in [0.2, 0.25) is 0 Å². The van der Waals surface area contributed by atoms with Crippen molar-refractivity contribution in [2.75, 3.05) is 45.3 Å². The second-order valence-electron chi connectivity index (χ2n) is 4.59. The van der Waals surface area contributed by atoms with Crippen LogP contribution < -0.4 is 20.1 Å². The van der Waals surface area contributed by atoms with Crippen molar-refractivity contribution < 1.29 is 14.2 Å². The number of anilines is 1. The lowest BCUT2D eigenvalue weighted by Crippen LogP contribution is -2.31. The third-order valence-electron chi connectivity index (χ3n) is 2.92. The first kappa shape index (κ1) is 15.4. The number of hydrogen-bond acceptors (Lipinski definition) is 4. The number of aliphatic imine (C=N–C) groups is 1. The second kappa shape index (κ2) is 8.36. The first-order chi connectivity index (χ1) is 10.3. The van der Waals surface area contributed by atoms with E-state index in [1.54, 1.807) is 7.11 Å². The summed E-state index contributed by atoms with van der Waals surface area (Å²) in [7, 11) is 1.67.